The van der Waals surface area contributed by atoms with Crippen molar-refractivity contribution in [2.75, 3.05) is 5.32 Å². The third kappa shape index (κ3) is 3.35. The van der Waals surface area contributed by atoms with Crippen LogP contribution in [-0.2, 0) is 4.79 Å². The lowest BCUT2D eigenvalue weighted by molar-refractivity contribution is -0.116. The maximum Gasteiger partial charge on any atom is 0.252 e. The summed E-state index contributed by atoms with van der Waals surface area (Å²) in [7, 11) is 0. The van der Waals surface area contributed by atoms with Crippen molar-refractivity contribution >= 4 is 29.1 Å². The second kappa shape index (κ2) is 5.89. The zero-order chi connectivity index (χ0) is 13.8. The number of carbonyl (C=O) groups is 2. The monoisotopic (exact) mass is 278 g/mol. The Labute approximate surface area is 116 Å². The van der Waals surface area contributed by atoms with Crippen molar-refractivity contribution in [3.63, 3.8) is 0 Å². The first-order chi connectivity index (χ1) is 9.08. The number of benzene rings is 1. The number of anilines is 1. The molecular formula is C14H15ClN2O2. The van der Waals surface area contributed by atoms with Crippen LogP contribution in [-0.4, -0.2) is 11.8 Å². The lowest BCUT2D eigenvalue weighted by Gasteiger charge is -2.12. The van der Waals surface area contributed by atoms with Crippen LogP contribution in [0.5, 0.6) is 0 Å². The molecule has 1 unspecified atom stereocenters. The smallest absolute Gasteiger partial charge is 0.252 e. The van der Waals surface area contributed by atoms with Gasteiger partial charge < -0.3 is 11.1 Å². The molecule has 1 aliphatic rings. The number of hydrogen-bond donors (Lipinski definition) is 2. The molecule has 0 saturated heterocycles. The number of allylic oxidation sites excluding steroid dienone is 2. The summed E-state index contributed by atoms with van der Waals surface area (Å²) >= 11 is 5.91. The fourth-order valence-corrected chi connectivity index (χ4v) is 2.45. The summed E-state index contributed by atoms with van der Waals surface area (Å²) in [6.45, 7) is 0. The van der Waals surface area contributed by atoms with E-state index >= 15 is 0 Å². The van der Waals surface area contributed by atoms with E-state index in [-0.39, 0.29) is 22.4 Å². The largest absolute Gasteiger partial charge is 0.365 e. The molecular weight excluding hydrogens is 264 g/mol. The molecule has 5 heteroatoms. The number of primary amides is 1. The fourth-order valence-electron chi connectivity index (χ4n) is 2.18. The van der Waals surface area contributed by atoms with Crippen LogP contribution < -0.4 is 11.1 Å². The number of rotatable bonds is 4. The molecule has 1 aliphatic carbocycles. The molecule has 0 bridgehead atoms. The highest BCUT2D eigenvalue weighted by Gasteiger charge is 2.17. The molecule has 0 aliphatic heterocycles. The number of amides is 2. The maximum absolute atomic E-state index is 11.9. The summed E-state index contributed by atoms with van der Waals surface area (Å²) in [5, 5.41) is 2.94. The minimum absolute atomic E-state index is 0.138. The Kier molecular flexibility index (Phi) is 4.22. The number of nitrogens with one attached hydrogen (secondary N) is 1. The number of hydrogen-bond acceptors (Lipinski definition) is 2. The van der Waals surface area contributed by atoms with E-state index in [1.807, 2.05) is 6.08 Å². The van der Waals surface area contributed by atoms with Crippen molar-refractivity contribution in [3.8, 4) is 0 Å². The van der Waals surface area contributed by atoms with E-state index in [2.05, 4.69) is 11.4 Å². The van der Waals surface area contributed by atoms with Gasteiger partial charge in [-0.25, -0.2) is 0 Å². The van der Waals surface area contributed by atoms with Gasteiger partial charge >= 0.3 is 0 Å². The minimum atomic E-state index is -0.651. The number of carbonyl (C=O) groups excluding carboxylic acids is 2. The van der Waals surface area contributed by atoms with Gasteiger partial charge in [0.05, 0.1) is 16.3 Å². The average Bonchev–Trinajstić information content (AvgIpc) is 2.81. The van der Waals surface area contributed by atoms with Gasteiger partial charge in [-0.1, -0.05) is 29.8 Å². The van der Waals surface area contributed by atoms with E-state index in [1.165, 1.54) is 0 Å². The predicted molar refractivity (Wildman–Crippen MR) is 75.1 cm³/mol. The summed E-state index contributed by atoms with van der Waals surface area (Å²) in [6.07, 6.45) is 6.53. The highest BCUT2D eigenvalue weighted by molar-refractivity contribution is 6.34. The Morgan fingerprint density at radius 3 is 2.84 bits per heavy atom. The Morgan fingerprint density at radius 1 is 1.42 bits per heavy atom. The van der Waals surface area contributed by atoms with Gasteiger partial charge in [0.15, 0.2) is 0 Å². The Balaban J connectivity index is 2.10. The van der Waals surface area contributed by atoms with Crippen LogP contribution in [0.1, 0.15) is 29.6 Å². The van der Waals surface area contributed by atoms with Crippen molar-refractivity contribution in [3.05, 3.63) is 40.9 Å². The van der Waals surface area contributed by atoms with E-state index in [1.54, 1.807) is 18.2 Å². The molecule has 1 aromatic carbocycles. The van der Waals surface area contributed by atoms with Gasteiger partial charge in [-0.05, 0) is 30.9 Å². The number of nitrogens with two attached hydrogens (primary N) is 1. The zero-order valence-electron chi connectivity index (χ0n) is 10.4. The van der Waals surface area contributed by atoms with Gasteiger partial charge in [0.1, 0.15) is 0 Å². The van der Waals surface area contributed by atoms with Crippen LogP contribution in [0.25, 0.3) is 0 Å². The molecule has 0 saturated carbocycles. The molecule has 0 aromatic heterocycles. The molecule has 1 atom stereocenters. The first-order valence-electron chi connectivity index (χ1n) is 6.12. The third-order valence-electron chi connectivity index (χ3n) is 3.09. The van der Waals surface area contributed by atoms with Crippen molar-refractivity contribution in [1.82, 2.24) is 0 Å². The lowest BCUT2D eigenvalue weighted by Crippen LogP contribution is -2.19. The zero-order valence-corrected chi connectivity index (χ0v) is 11.1. The highest BCUT2D eigenvalue weighted by Crippen LogP contribution is 2.25. The molecule has 0 fully saturated rings. The van der Waals surface area contributed by atoms with Crippen LogP contribution in [0.2, 0.25) is 5.02 Å². The molecule has 100 valence electrons. The highest BCUT2D eigenvalue weighted by atomic mass is 35.5. The van der Waals surface area contributed by atoms with E-state index in [4.69, 9.17) is 17.3 Å². The normalized spacial score (nSPS) is 17.4. The van der Waals surface area contributed by atoms with Gasteiger partial charge in [-0.3, -0.25) is 9.59 Å². The van der Waals surface area contributed by atoms with Crippen molar-refractivity contribution in [2.45, 2.75) is 19.3 Å². The second-order valence-corrected chi connectivity index (χ2v) is 4.95. The lowest BCUT2D eigenvalue weighted by atomic mass is 10.0. The van der Waals surface area contributed by atoms with Gasteiger partial charge in [0, 0.05) is 6.42 Å². The van der Waals surface area contributed by atoms with Crippen molar-refractivity contribution < 1.29 is 9.59 Å². The van der Waals surface area contributed by atoms with Crippen LogP contribution in [0.3, 0.4) is 0 Å². The quantitative estimate of drug-likeness (QED) is 0.831. The van der Waals surface area contributed by atoms with Gasteiger partial charge in [-0.15, -0.1) is 0 Å². The molecule has 2 rings (SSSR count). The SMILES string of the molecule is NC(=O)c1c(Cl)cccc1NC(=O)CC1C=CCC1. The minimum Gasteiger partial charge on any atom is -0.365 e. The van der Waals surface area contributed by atoms with Crippen LogP contribution in [0, 0.1) is 5.92 Å². The maximum atomic E-state index is 11.9. The molecule has 2 amide bonds. The summed E-state index contributed by atoms with van der Waals surface area (Å²) in [4.78, 5) is 23.3. The topological polar surface area (TPSA) is 72.2 Å². The first kappa shape index (κ1) is 13.6. The van der Waals surface area contributed by atoms with E-state index in [0.29, 0.717) is 12.1 Å². The second-order valence-electron chi connectivity index (χ2n) is 4.54. The summed E-state index contributed by atoms with van der Waals surface area (Å²) < 4.78 is 0. The fraction of sp³-hybridized carbons (Fsp3) is 0.286. The molecule has 1 aromatic rings. The number of halogens is 1. The molecule has 19 heavy (non-hydrogen) atoms. The molecule has 3 N–H and O–H groups in total. The van der Waals surface area contributed by atoms with Gasteiger partial charge in [0.2, 0.25) is 5.91 Å². The van der Waals surface area contributed by atoms with Crippen LogP contribution in [0.15, 0.2) is 30.4 Å². The third-order valence-corrected chi connectivity index (χ3v) is 3.41. The average molecular weight is 279 g/mol. The summed E-state index contributed by atoms with van der Waals surface area (Å²) in [6, 6.07) is 4.85. The Hall–Kier alpha value is -1.81. The Morgan fingerprint density at radius 2 is 2.21 bits per heavy atom. The van der Waals surface area contributed by atoms with Crippen LogP contribution in [0.4, 0.5) is 5.69 Å². The van der Waals surface area contributed by atoms with Crippen LogP contribution >= 0.6 is 11.6 Å². The van der Waals surface area contributed by atoms with Crippen molar-refractivity contribution in [1.29, 1.82) is 0 Å². The van der Waals surface area contributed by atoms with Gasteiger partial charge in [0.25, 0.3) is 5.91 Å². The standard InChI is InChI=1S/C14H15ClN2O2/c15-10-6-3-7-11(13(10)14(16)19)17-12(18)8-9-4-1-2-5-9/h1,3-4,6-7,9H,2,5,8H2,(H2,16,19)(H,17,18). The van der Waals surface area contributed by atoms with E-state index in [9.17, 15) is 9.59 Å². The molecule has 0 heterocycles. The van der Waals surface area contributed by atoms with Gasteiger partial charge in [-0.2, -0.15) is 0 Å². The van der Waals surface area contributed by atoms with E-state index in [0.717, 1.165) is 12.8 Å². The predicted octanol–water partition coefficient (Wildman–Crippen LogP) is 2.73. The molecule has 4 nitrogen and oxygen atoms in total. The molecule has 0 spiro atoms. The summed E-state index contributed by atoms with van der Waals surface area (Å²) in [5.41, 5.74) is 5.79. The molecule has 0 radical (unpaired) electrons. The van der Waals surface area contributed by atoms with Crippen molar-refractivity contribution in [2.24, 2.45) is 11.7 Å². The van der Waals surface area contributed by atoms with E-state index < -0.39 is 5.91 Å². The summed E-state index contributed by atoms with van der Waals surface area (Å²) in [5.74, 6) is -0.515. The first-order valence-corrected chi connectivity index (χ1v) is 6.50. The Bertz CT molecular complexity index is 540.